The van der Waals surface area contributed by atoms with Crippen LogP contribution in [0, 0.1) is 11.7 Å². The number of fused-ring (bicyclic) bond motifs is 1. The molecule has 2 aromatic carbocycles. The number of methoxy groups -OCH3 is 2. The maximum Gasteiger partial charge on any atom is 0.254 e. The maximum absolute atomic E-state index is 13.8. The van der Waals surface area contributed by atoms with Gasteiger partial charge in [-0.15, -0.1) is 0 Å². The first-order valence-electron chi connectivity index (χ1n) is 10.5. The highest BCUT2D eigenvalue weighted by atomic mass is 19.1. The summed E-state index contributed by atoms with van der Waals surface area (Å²) in [5.41, 5.74) is 0.415. The summed E-state index contributed by atoms with van der Waals surface area (Å²) in [4.78, 5) is 15.2. The molecule has 1 heterocycles. The summed E-state index contributed by atoms with van der Waals surface area (Å²) >= 11 is 0. The Labute approximate surface area is 176 Å². The van der Waals surface area contributed by atoms with Crippen LogP contribution < -0.4 is 9.47 Å². The van der Waals surface area contributed by atoms with Crippen molar-refractivity contribution in [3.63, 3.8) is 0 Å². The van der Waals surface area contributed by atoms with Crippen LogP contribution in [0.4, 0.5) is 4.39 Å². The van der Waals surface area contributed by atoms with Crippen LogP contribution in [-0.2, 0) is 0 Å². The van der Waals surface area contributed by atoms with Crippen molar-refractivity contribution in [3.05, 3.63) is 59.4 Å². The van der Waals surface area contributed by atoms with E-state index in [0.29, 0.717) is 30.0 Å². The number of amides is 1. The van der Waals surface area contributed by atoms with Gasteiger partial charge in [0, 0.05) is 18.0 Å². The number of carbonyl (C=O) groups is 1. The summed E-state index contributed by atoms with van der Waals surface area (Å²) < 4.78 is 24.6. The van der Waals surface area contributed by atoms with E-state index in [1.165, 1.54) is 12.1 Å². The van der Waals surface area contributed by atoms with Crippen LogP contribution in [0.1, 0.15) is 54.1 Å². The maximum atomic E-state index is 13.8. The third-order valence-corrected chi connectivity index (χ3v) is 6.65. The van der Waals surface area contributed by atoms with Crippen molar-refractivity contribution in [1.82, 2.24) is 4.90 Å². The Morgan fingerprint density at radius 2 is 1.90 bits per heavy atom. The number of rotatable bonds is 4. The van der Waals surface area contributed by atoms with E-state index in [0.717, 1.165) is 31.2 Å². The average Bonchev–Trinajstić information content (AvgIpc) is 2.77. The lowest BCUT2D eigenvalue weighted by molar-refractivity contribution is -0.115. The normalized spacial score (nSPS) is 26.1. The lowest BCUT2D eigenvalue weighted by atomic mass is 9.66. The number of piperidine rings is 1. The molecule has 4 rings (SSSR count). The molecule has 1 N–H and O–H groups in total. The highest BCUT2D eigenvalue weighted by Gasteiger charge is 2.50. The van der Waals surface area contributed by atoms with E-state index in [4.69, 9.17) is 9.47 Å². The first kappa shape index (κ1) is 20.7. The zero-order chi connectivity index (χ0) is 21.3. The molecule has 0 bridgehead atoms. The summed E-state index contributed by atoms with van der Waals surface area (Å²) in [7, 11) is 3.16. The summed E-state index contributed by atoms with van der Waals surface area (Å²) in [6.45, 7) is 0.418. The Morgan fingerprint density at radius 3 is 2.63 bits per heavy atom. The highest BCUT2D eigenvalue weighted by molar-refractivity contribution is 5.94. The molecular weight excluding hydrogens is 385 g/mol. The average molecular weight is 413 g/mol. The molecule has 1 aliphatic heterocycles. The van der Waals surface area contributed by atoms with E-state index in [2.05, 4.69) is 0 Å². The first-order chi connectivity index (χ1) is 14.5. The molecule has 2 aliphatic rings. The number of likely N-dealkylation sites (tertiary alicyclic amines) is 1. The van der Waals surface area contributed by atoms with Crippen LogP contribution in [0.25, 0.3) is 0 Å². The van der Waals surface area contributed by atoms with Crippen LogP contribution in [0.3, 0.4) is 0 Å². The summed E-state index contributed by atoms with van der Waals surface area (Å²) in [6, 6.07) is 11.1. The topological polar surface area (TPSA) is 59.0 Å². The van der Waals surface area contributed by atoms with Crippen molar-refractivity contribution in [2.24, 2.45) is 5.92 Å². The van der Waals surface area contributed by atoms with Crippen molar-refractivity contribution >= 4 is 5.91 Å². The Kier molecular flexibility index (Phi) is 5.69. The molecule has 1 aliphatic carbocycles. The number of nitrogens with zero attached hydrogens (tertiary/aromatic N) is 1. The number of ether oxygens (including phenoxy) is 2. The number of aliphatic hydroxyl groups is 1. The second kappa shape index (κ2) is 8.26. The minimum absolute atomic E-state index is 0.0874. The van der Waals surface area contributed by atoms with Gasteiger partial charge in [0.2, 0.25) is 0 Å². The second-order valence-electron chi connectivity index (χ2n) is 8.27. The lowest BCUT2D eigenvalue weighted by Gasteiger charge is -2.52. The monoisotopic (exact) mass is 413 g/mol. The van der Waals surface area contributed by atoms with Crippen molar-refractivity contribution in [1.29, 1.82) is 0 Å². The van der Waals surface area contributed by atoms with Gasteiger partial charge in [0.1, 0.15) is 5.82 Å². The molecule has 0 unspecified atom stereocenters. The zero-order valence-corrected chi connectivity index (χ0v) is 17.4. The molecule has 1 saturated carbocycles. The third-order valence-electron chi connectivity index (χ3n) is 6.65. The Balaban J connectivity index is 1.78. The van der Waals surface area contributed by atoms with Crippen molar-refractivity contribution in [2.45, 2.75) is 43.7 Å². The summed E-state index contributed by atoms with van der Waals surface area (Å²) in [6.07, 6.45) is 4.11. The van der Waals surface area contributed by atoms with Crippen molar-refractivity contribution in [2.75, 3.05) is 20.8 Å². The van der Waals surface area contributed by atoms with Gasteiger partial charge in [0.15, 0.2) is 11.5 Å². The van der Waals surface area contributed by atoms with E-state index in [9.17, 15) is 14.3 Å². The Morgan fingerprint density at radius 1 is 1.10 bits per heavy atom. The molecule has 0 radical (unpaired) electrons. The Hall–Kier alpha value is -2.60. The Bertz CT molecular complexity index is 933. The number of benzene rings is 2. The van der Waals surface area contributed by atoms with Crippen molar-refractivity contribution < 1.29 is 23.8 Å². The zero-order valence-electron chi connectivity index (χ0n) is 17.4. The van der Waals surface area contributed by atoms with Gasteiger partial charge in [-0.25, -0.2) is 4.39 Å². The van der Waals surface area contributed by atoms with Gasteiger partial charge < -0.3 is 19.5 Å². The highest BCUT2D eigenvalue weighted by Crippen LogP contribution is 2.50. The number of hydrogen-bond acceptors (Lipinski definition) is 4. The van der Waals surface area contributed by atoms with E-state index in [1.54, 1.807) is 31.3 Å². The van der Waals surface area contributed by atoms with Gasteiger partial charge in [-0.1, -0.05) is 25.0 Å². The van der Waals surface area contributed by atoms with Crippen LogP contribution in [0.5, 0.6) is 11.5 Å². The van der Waals surface area contributed by atoms with Gasteiger partial charge in [0.25, 0.3) is 5.91 Å². The summed E-state index contributed by atoms with van der Waals surface area (Å²) in [5, 5.41) is 11.4. The molecule has 1 amide bonds. The van der Waals surface area contributed by atoms with Gasteiger partial charge in [-0.3, -0.25) is 4.79 Å². The molecular formula is C24H28FNO4. The molecule has 0 aromatic heterocycles. The molecule has 2 aromatic rings. The van der Waals surface area contributed by atoms with Crippen LogP contribution >= 0.6 is 0 Å². The van der Waals surface area contributed by atoms with Crippen molar-refractivity contribution in [3.8, 4) is 11.5 Å². The minimum atomic E-state index is -0.797. The quantitative estimate of drug-likeness (QED) is 0.810. The van der Waals surface area contributed by atoms with Gasteiger partial charge >= 0.3 is 0 Å². The predicted molar refractivity (Wildman–Crippen MR) is 111 cm³/mol. The van der Waals surface area contributed by atoms with E-state index in [-0.39, 0.29) is 17.9 Å². The fraction of sp³-hybridized carbons (Fsp3) is 0.458. The molecule has 2 fully saturated rings. The largest absolute Gasteiger partial charge is 0.493 e. The van der Waals surface area contributed by atoms with Crippen LogP contribution in [0.2, 0.25) is 0 Å². The smallest absolute Gasteiger partial charge is 0.254 e. The predicted octanol–water partition coefficient (Wildman–Crippen LogP) is 4.35. The lowest BCUT2D eigenvalue weighted by Crippen LogP contribution is -2.56. The van der Waals surface area contributed by atoms with E-state index >= 15 is 0 Å². The fourth-order valence-corrected chi connectivity index (χ4v) is 5.15. The SMILES string of the molecule is COc1ccc([C@@H]2[C@@H]3CCCC[C@@]3(O)CCN2C(=O)c2cccc(F)c2)cc1OC. The molecule has 3 atom stereocenters. The molecule has 160 valence electrons. The number of halogens is 1. The molecule has 6 heteroatoms. The number of hydrogen-bond donors (Lipinski definition) is 1. The van der Waals surface area contributed by atoms with Crippen LogP contribution in [-0.4, -0.2) is 42.3 Å². The van der Waals surface area contributed by atoms with E-state index < -0.39 is 11.4 Å². The third kappa shape index (κ3) is 3.65. The molecule has 1 saturated heterocycles. The van der Waals surface area contributed by atoms with Crippen LogP contribution in [0.15, 0.2) is 42.5 Å². The van der Waals surface area contributed by atoms with Gasteiger partial charge in [-0.05, 0) is 55.2 Å². The summed E-state index contributed by atoms with van der Waals surface area (Å²) in [5.74, 6) is 0.448. The fourth-order valence-electron chi connectivity index (χ4n) is 5.15. The number of carbonyl (C=O) groups excluding carboxylic acids is 1. The van der Waals surface area contributed by atoms with E-state index in [1.807, 2.05) is 18.2 Å². The molecule has 0 spiro atoms. The van der Waals surface area contributed by atoms with Gasteiger partial charge in [0.05, 0.1) is 25.9 Å². The minimum Gasteiger partial charge on any atom is -0.493 e. The molecule has 30 heavy (non-hydrogen) atoms. The first-order valence-corrected chi connectivity index (χ1v) is 10.5. The molecule has 5 nitrogen and oxygen atoms in total. The second-order valence-corrected chi connectivity index (χ2v) is 8.27. The standard InChI is InChI=1S/C24H28FNO4/c1-29-20-10-9-16(15-21(20)30-2)22-19-8-3-4-11-24(19,28)12-13-26(22)23(27)17-6-5-7-18(25)14-17/h5-7,9-10,14-15,19,22,28H,3-4,8,11-13H2,1-2H3/t19-,22+,24+/m0/s1. The van der Waals surface area contributed by atoms with Gasteiger partial charge in [-0.2, -0.15) is 0 Å².